The highest BCUT2D eigenvalue weighted by molar-refractivity contribution is 7.89. The predicted molar refractivity (Wildman–Crippen MR) is 139 cm³/mol. The van der Waals surface area contributed by atoms with E-state index in [0.717, 1.165) is 61.6 Å². The van der Waals surface area contributed by atoms with Gasteiger partial charge < -0.3 is 15.0 Å². The van der Waals surface area contributed by atoms with E-state index in [1.54, 1.807) is 22.6 Å². The van der Waals surface area contributed by atoms with Crippen LogP contribution in [0.25, 0.3) is 16.8 Å². The number of morpholine rings is 1. The lowest BCUT2D eigenvalue weighted by atomic mass is 10.2. The van der Waals surface area contributed by atoms with E-state index in [9.17, 15) is 8.42 Å². The van der Waals surface area contributed by atoms with Crippen LogP contribution in [0.4, 0.5) is 17.3 Å². The van der Waals surface area contributed by atoms with Crippen molar-refractivity contribution >= 4 is 32.9 Å². The molecule has 2 aliphatic heterocycles. The Balaban J connectivity index is 1.22. The van der Waals surface area contributed by atoms with Gasteiger partial charge in [-0.1, -0.05) is 12.1 Å². The number of benzene rings is 2. The maximum Gasteiger partial charge on any atom is 0.245 e. The lowest BCUT2D eigenvalue weighted by Crippen LogP contribution is -2.36. The summed E-state index contributed by atoms with van der Waals surface area (Å²) < 4.78 is 34.5. The zero-order valence-corrected chi connectivity index (χ0v) is 20.7. The zero-order valence-electron chi connectivity index (χ0n) is 19.9. The van der Waals surface area contributed by atoms with Crippen LogP contribution in [0.2, 0.25) is 0 Å². The second-order valence-electron chi connectivity index (χ2n) is 9.04. The Morgan fingerprint density at radius 3 is 2.28 bits per heavy atom. The van der Waals surface area contributed by atoms with E-state index in [-0.39, 0.29) is 0 Å². The number of hydrogen-bond acceptors (Lipinski definition) is 7. The van der Waals surface area contributed by atoms with Crippen molar-refractivity contribution in [2.24, 2.45) is 0 Å². The quantitative estimate of drug-likeness (QED) is 0.427. The molecule has 4 heterocycles. The Kier molecular flexibility index (Phi) is 6.08. The minimum atomic E-state index is -3.44. The molecule has 10 heteroatoms. The van der Waals surface area contributed by atoms with Gasteiger partial charge in [0, 0.05) is 43.1 Å². The second-order valence-corrected chi connectivity index (χ2v) is 11.0. The van der Waals surface area contributed by atoms with E-state index < -0.39 is 10.0 Å². The van der Waals surface area contributed by atoms with E-state index in [1.807, 2.05) is 40.9 Å². The van der Waals surface area contributed by atoms with Crippen molar-refractivity contribution in [1.29, 1.82) is 0 Å². The molecule has 186 valence electrons. The average molecular weight is 505 g/mol. The average Bonchev–Trinajstić information content (AvgIpc) is 3.61. The summed E-state index contributed by atoms with van der Waals surface area (Å²) in [6, 6.07) is 19.2. The molecule has 0 amide bonds. The summed E-state index contributed by atoms with van der Waals surface area (Å²) in [4.78, 5) is 7.09. The molecule has 6 rings (SSSR count). The molecule has 36 heavy (non-hydrogen) atoms. The number of fused-ring (bicyclic) bond motifs is 1. The van der Waals surface area contributed by atoms with Gasteiger partial charge in [0.05, 0.1) is 35.5 Å². The molecule has 0 aliphatic carbocycles. The van der Waals surface area contributed by atoms with Crippen LogP contribution in [0.5, 0.6) is 0 Å². The smallest absolute Gasteiger partial charge is 0.245 e. The molecule has 2 aromatic carbocycles. The highest BCUT2D eigenvalue weighted by atomic mass is 32.2. The Bertz CT molecular complexity index is 1460. The summed E-state index contributed by atoms with van der Waals surface area (Å²) in [6.45, 7) is 4.49. The third kappa shape index (κ3) is 4.43. The van der Waals surface area contributed by atoms with Crippen LogP contribution in [-0.2, 0) is 14.8 Å². The predicted octanol–water partition coefficient (Wildman–Crippen LogP) is 3.76. The molecule has 0 radical (unpaired) electrons. The van der Waals surface area contributed by atoms with Gasteiger partial charge in [0.2, 0.25) is 16.0 Å². The SMILES string of the molecule is O=S(=O)(c1ccc(-c2ccc3cnc(Nc4ccc(N5CCOCC5)cc4)nn23)cc1)N1CCCC1. The maximum absolute atomic E-state index is 12.9. The van der Waals surface area contributed by atoms with Gasteiger partial charge in [0.15, 0.2) is 0 Å². The van der Waals surface area contributed by atoms with Crippen molar-refractivity contribution in [3.8, 4) is 11.3 Å². The molecular formula is C26H28N6O3S. The Labute approximate surface area is 210 Å². The normalized spacial score (nSPS) is 17.1. The summed E-state index contributed by atoms with van der Waals surface area (Å²) in [5, 5.41) is 7.98. The first-order valence-electron chi connectivity index (χ1n) is 12.2. The fourth-order valence-corrected chi connectivity index (χ4v) is 6.28. The third-order valence-electron chi connectivity index (χ3n) is 6.75. The van der Waals surface area contributed by atoms with Crippen molar-refractivity contribution in [3.05, 3.63) is 66.9 Å². The summed E-state index contributed by atoms with van der Waals surface area (Å²) in [7, 11) is -3.44. The second kappa shape index (κ2) is 9.53. The van der Waals surface area contributed by atoms with Crippen LogP contribution in [0.1, 0.15) is 12.8 Å². The van der Waals surface area contributed by atoms with Crippen molar-refractivity contribution in [3.63, 3.8) is 0 Å². The molecule has 0 unspecified atom stereocenters. The van der Waals surface area contributed by atoms with Gasteiger partial charge in [-0.15, -0.1) is 5.10 Å². The van der Waals surface area contributed by atoms with Crippen LogP contribution in [0.15, 0.2) is 71.8 Å². The van der Waals surface area contributed by atoms with Gasteiger partial charge in [0.1, 0.15) is 0 Å². The summed E-state index contributed by atoms with van der Waals surface area (Å²) >= 11 is 0. The van der Waals surface area contributed by atoms with Crippen LogP contribution in [0.3, 0.4) is 0 Å². The first-order chi connectivity index (χ1) is 17.6. The number of ether oxygens (including phenoxy) is 1. The number of aromatic nitrogens is 3. The molecule has 9 nitrogen and oxygen atoms in total. The summed E-state index contributed by atoms with van der Waals surface area (Å²) in [6.07, 6.45) is 3.61. The van der Waals surface area contributed by atoms with Crippen LogP contribution < -0.4 is 10.2 Å². The van der Waals surface area contributed by atoms with E-state index in [4.69, 9.17) is 9.84 Å². The van der Waals surface area contributed by atoms with Crippen molar-refractivity contribution in [2.45, 2.75) is 17.7 Å². The highest BCUT2D eigenvalue weighted by Gasteiger charge is 2.27. The van der Waals surface area contributed by atoms with E-state index in [1.165, 1.54) is 5.69 Å². The fourth-order valence-electron chi connectivity index (χ4n) is 4.76. The van der Waals surface area contributed by atoms with Gasteiger partial charge in [-0.25, -0.2) is 17.9 Å². The van der Waals surface area contributed by atoms with Crippen molar-refractivity contribution < 1.29 is 13.2 Å². The number of anilines is 3. The molecule has 0 saturated carbocycles. The number of rotatable bonds is 6. The molecule has 2 saturated heterocycles. The highest BCUT2D eigenvalue weighted by Crippen LogP contribution is 2.27. The summed E-state index contributed by atoms with van der Waals surface area (Å²) in [5.41, 5.74) is 4.67. The Morgan fingerprint density at radius 2 is 1.56 bits per heavy atom. The van der Waals surface area contributed by atoms with Crippen molar-refractivity contribution in [2.75, 3.05) is 49.6 Å². The van der Waals surface area contributed by atoms with Gasteiger partial charge >= 0.3 is 0 Å². The van der Waals surface area contributed by atoms with Crippen molar-refractivity contribution in [1.82, 2.24) is 18.9 Å². The number of sulfonamides is 1. The van der Waals surface area contributed by atoms with Gasteiger partial charge in [-0.3, -0.25) is 0 Å². The molecule has 0 atom stereocenters. The molecule has 0 bridgehead atoms. The van der Waals surface area contributed by atoms with E-state index in [2.05, 4.69) is 27.3 Å². The minimum absolute atomic E-state index is 0.325. The Hall–Kier alpha value is -3.47. The fraction of sp³-hybridized carbons (Fsp3) is 0.308. The van der Waals surface area contributed by atoms with Gasteiger partial charge in [-0.05, 0) is 61.4 Å². The molecule has 4 aromatic rings. The molecule has 1 N–H and O–H groups in total. The number of nitrogens with one attached hydrogen (secondary N) is 1. The van der Waals surface area contributed by atoms with Crippen LogP contribution in [0, 0.1) is 0 Å². The van der Waals surface area contributed by atoms with E-state index in [0.29, 0.717) is 23.9 Å². The first-order valence-corrected chi connectivity index (χ1v) is 13.7. The third-order valence-corrected chi connectivity index (χ3v) is 8.66. The standard InChI is InChI=1S/C26H28N6O3S/c33-36(34,31-13-1-2-14-31)24-10-3-20(4-11-24)25-12-9-23-19-27-26(29-32(23)25)28-21-5-7-22(8-6-21)30-15-17-35-18-16-30/h3-12,19H,1-2,13-18H2,(H,28,29). The van der Waals surface area contributed by atoms with Gasteiger partial charge in [-0.2, -0.15) is 4.31 Å². The molecular weight excluding hydrogens is 476 g/mol. The monoisotopic (exact) mass is 504 g/mol. The first kappa shape index (κ1) is 23.0. The van der Waals surface area contributed by atoms with Crippen LogP contribution in [-0.4, -0.2) is 66.7 Å². The summed E-state index contributed by atoms with van der Waals surface area (Å²) in [5.74, 6) is 0.479. The number of hydrogen-bond donors (Lipinski definition) is 1. The lowest BCUT2D eigenvalue weighted by molar-refractivity contribution is 0.122. The molecule has 2 aliphatic rings. The zero-order chi connectivity index (χ0) is 24.5. The maximum atomic E-state index is 12.9. The number of nitrogens with zero attached hydrogens (tertiary/aromatic N) is 5. The molecule has 2 aromatic heterocycles. The van der Waals surface area contributed by atoms with Crippen LogP contribution >= 0.6 is 0 Å². The molecule has 0 spiro atoms. The molecule has 2 fully saturated rings. The lowest BCUT2D eigenvalue weighted by Gasteiger charge is -2.28. The van der Waals surface area contributed by atoms with Gasteiger partial charge in [0.25, 0.3) is 0 Å². The van der Waals surface area contributed by atoms with E-state index >= 15 is 0 Å². The topological polar surface area (TPSA) is 92.1 Å². The minimum Gasteiger partial charge on any atom is -0.378 e. The largest absolute Gasteiger partial charge is 0.378 e. The Morgan fingerprint density at radius 1 is 0.833 bits per heavy atom.